The predicted molar refractivity (Wildman–Crippen MR) is 91.4 cm³/mol. The lowest BCUT2D eigenvalue weighted by atomic mass is 9.84. The third-order valence-corrected chi connectivity index (χ3v) is 5.64. The first-order valence-corrected chi connectivity index (χ1v) is 9.13. The summed E-state index contributed by atoms with van der Waals surface area (Å²) in [6, 6.07) is 4.03. The van der Waals surface area contributed by atoms with E-state index in [-0.39, 0.29) is 17.5 Å². The number of fused-ring (bicyclic) bond motifs is 2. The van der Waals surface area contributed by atoms with E-state index in [1.54, 1.807) is 0 Å². The maximum Gasteiger partial charge on any atom is 0.416 e. The number of hydrogen-bond acceptors (Lipinski definition) is 3. The predicted octanol–water partition coefficient (Wildman–Crippen LogP) is 3.31. The molecule has 8 heteroatoms. The molecule has 2 fully saturated rings. The fourth-order valence-electron chi connectivity index (χ4n) is 4.37. The van der Waals surface area contributed by atoms with Gasteiger partial charge in [0.15, 0.2) is 6.61 Å². The number of benzene rings is 1. The SMILES string of the molecule is CC(NC(=O)CONC(=O)c1cccc(C(F)(F)F)c1)C1CC2CCC1C2. The Morgan fingerprint density at radius 2 is 2.04 bits per heavy atom. The number of alkyl halides is 3. The molecule has 0 spiro atoms. The van der Waals surface area contributed by atoms with Gasteiger partial charge in [-0.2, -0.15) is 13.2 Å². The maximum absolute atomic E-state index is 12.7. The Labute approximate surface area is 155 Å². The van der Waals surface area contributed by atoms with Gasteiger partial charge in [-0.25, -0.2) is 5.48 Å². The fraction of sp³-hybridized carbons (Fsp3) is 0.579. The van der Waals surface area contributed by atoms with Crippen molar-refractivity contribution in [1.82, 2.24) is 10.8 Å². The zero-order chi connectivity index (χ0) is 19.6. The van der Waals surface area contributed by atoms with Crippen molar-refractivity contribution in [2.75, 3.05) is 6.61 Å². The van der Waals surface area contributed by atoms with E-state index in [1.165, 1.54) is 25.3 Å². The molecule has 5 nitrogen and oxygen atoms in total. The molecule has 1 aromatic rings. The molecule has 0 heterocycles. The molecule has 3 rings (SSSR count). The minimum Gasteiger partial charge on any atom is -0.351 e. The van der Waals surface area contributed by atoms with E-state index in [2.05, 4.69) is 5.32 Å². The topological polar surface area (TPSA) is 67.4 Å². The van der Waals surface area contributed by atoms with Crippen LogP contribution in [0.4, 0.5) is 13.2 Å². The molecular weight excluding hydrogens is 361 g/mol. The summed E-state index contributed by atoms with van der Waals surface area (Å²) >= 11 is 0. The highest BCUT2D eigenvalue weighted by molar-refractivity contribution is 5.93. The van der Waals surface area contributed by atoms with Gasteiger partial charge in [-0.15, -0.1) is 0 Å². The maximum atomic E-state index is 12.7. The van der Waals surface area contributed by atoms with Crippen LogP contribution in [0, 0.1) is 17.8 Å². The molecule has 2 saturated carbocycles. The zero-order valence-electron chi connectivity index (χ0n) is 15.0. The monoisotopic (exact) mass is 384 g/mol. The molecular formula is C19H23F3N2O3. The summed E-state index contributed by atoms with van der Waals surface area (Å²) in [5, 5.41) is 2.89. The van der Waals surface area contributed by atoms with E-state index in [0.29, 0.717) is 11.8 Å². The van der Waals surface area contributed by atoms with Crippen LogP contribution in [0.3, 0.4) is 0 Å². The Morgan fingerprint density at radius 1 is 1.26 bits per heavy atom. The molecule has 2 aliphatic carbocycles. The average Bonchev–Trinajstić information content (AvgIpc) is 3.24. The van der Waals surface area contributed by atoms with Crippen molar-refractivity contribution in [3.63, 3.8) is 0 Å². The normalized spacial score (nSPS) is 25.3. The van der Waals surface area contributed by atoms with Gasteiger partial charge >= 0.3 is 6.18 Å². The van der Waals surface area contributed by atoms with Crippen LogP contribution in [0.1, 0.15) is 48.5 Å². The Kier molecular flexibility index (Phi) is 5.74. The van der Waals surface area contributed by atoms with Gasteiger partial charge in [-0.05, 0) is 62.1 Å². The third kappa shape index (κ3) is 4.80. The first-order chi connectivity index (χ1) is 12.7. The van der Waals surface area contributed by atoms with Crippen LogP contribution in [0.2, 0.25) is 0 Å². The Hall–Kier alpha value is -2.09. The van der Waals surface area contributed by atoms with Gasteiger partial charge in [0.2, 0.25) is 5.91 Å². The number of nitrogens with one attached hydrogen (secondary N) is 2. The van der Waals surface area contributed by atoms with Crippen LogP contribution < -0.4 is 10.8 Å². The highest BCUT2D eigenvalue weighted by Crippen LogP contribution is 2.49. The number of halogens is 3. The second kappa shape index (κ2) is 7.88. The quantitative estimate of drug-likeness (QED) is 0.740. The van der Waals surface area contributed by atoms with E-state index in [1.807, 2.05) is 12.4 Å². The summed E-state index contributed by atoms with van der Waals surface area (Å²) in [6.45, 7) is 1.58. The van der Waals surface area contributed by atoms with E-state index in [4.69, 9.17) is 4.84 Å². The lowest BCUT2D eigenvalue weighted by molar-refractivity contribution is -0.137. The van der Waals surface area contributed by atoms with Crippen LogP contribution in [-0.4, -0.2) is 24.5 Å². The van der Waals surface area contributed by atoms with E-state index < -0.39 is 24.3 Å². The molecule has 4 atom stereocenters. The molecule has 0 saturated heterocycles. The van der Waals surface area contributed by atoms with Gasteiger partial charge < -0.3 is 5.32 Å². The lowest BCUT2D eigenvalue weighted by Gasteiger charge is -2.28. The second-order valence-corrected chi connectivity index (χ2v) is 7.49. The largest absolute Gasteiger partial charge is 0.416 e. The molecule has 27 heavy (non-hydrogen) atoms. The van der Waals surface area contributed by atoms with Gasteiger partial charge in [0.25, 0.3) is 5.91 Å². The smallest absolute Gasteiger partial charge is 0.351 e. The number of carbonyl (C=O) groups is 2. The number of hydroxylamine groups is 1. The molecule has 2 N–H and O–H groups in total. The van der Waals surface area contributed by atoms with Gasteiger partial charge in [0, 0.05) is 11.6 Å². The van der Waals surface area contributed by atoms with Gasteiger partial charge in [0.05, 0.1) is 5.56 Å². The van der Waals surface area contributed by atoms with Crippen molar-refractivity contribution in [2.45, 2.75) is 44.8 Å². The second-order valence-electron chi connectivity index (χ2n) is 7.49. The van der Waals surface area contributed by atoms with Crippen LogP contribution >= 0.6 is 0 Å². The molecule has 1 aromatic carbocycles. The van der Waals surface area contributed by atoms with Crippen LogP contribution in [0.5, 0.6) is 0 Å². The molecule has 4 unspecified atom stereocenters. The first kappa shape index (κ1) is 19.7. The Bertz CT molecular complexity index is 708. The standard InChI is InChI=1S/C19H23F3N2O3/c1-11(16-8-12-5-6-13(16)7-12)23-17(25)10-27-24-18(26)14-3-2-4-15(9-14)19(20,21)22/h2-4,9,11-13,16H,5-8,10H2,1H3,(H,23,25)(H,24,26). The summed E-state index contributed by atoms with van der Waals surface area (Å²) < 4.78 is 38.0. The van der Waals surface area contributed by atoms with E-state index in [0.717, 1.165) is 30.5 Å². The average molecular weight is 384 g/mol. The fourth-order valence-corrected chi connectivity index (χ4v) is 4.37. The molecule has 0 aliphatic heterocycles. The van der Waals surface area contributed by atoms with Crippen molar-refractivity contribution >= 4 is 11.8 Å². The highest BCUT2D eigenvalue weighted by atomic mass is 19.4. The summed E-state index contributed by atoms with van der Waals surface area (Å²) in [6.07, 6.45) is 0.353. The van der Waals surface area contributed by atoms with Crippen molar-refractivity contribution in [3.8, 4) is 0 Å². The zero-order valence-corrected chi connectivity index (χ0v) is 15.0. The lowest BCUT2D eigenvalue weighted by Crippen LogP contribution is -2.42. The number of amides is 2. The van der Waals surface area contributed by atoms with Crippen LogP contribution in [-0.2, 0) is 15.8 Å². The summed E-state index contributed by atoms with van der Waals surface area (Å²) in [5.74, 6) is 0.728. The Balaban J connectivity index is 1.42. The molecule has 2 aliphatic rings. The number of rotatable bonds is 6. The van der Waals surface area contributed by atoms with E-state index in [9.17, 15) is 22.8 Å². The third-order valence-electron chi connectivity index (χ3n) is 5.64. The molecule has 2 amide bonds. The minimum atomic E-state index is -4.53. The summed E-state index contributed by atoms with van der Waals surface area (Å²) in [4.78, 5) is 28.7. The van der Waals surface area contributed by atoms with Crippen LogP contribution in [0.25, 0.3) is 0 Å². The molecule has 2 bridgehead atoms. The van der Waals surface area contributed by atoms with E-state index >= 15 is 0 Å². The molecule has 0 radical (unpaired) electrons. The van der Waals surface area contributed by atoms with Crippen molar-refractivity contribution in [1.29, 1.82) is 0 Å². The van der Waals surface area contributed by atoms with Crippen molar-refractivity contribution < 1.29 is 27.6 Å². The molecule has 0 aromatic heterocycles. The van der Waals surface area contributed by atoms with Crippen molar-refractivity contribution in [3.05, 3.63) is 35.4 Å². The van der Waals surface area contributed by atoms with Gasteiger partial charge in [-0.1, -0.05) is 12.5 Å². The Morgan fingerprint density at radius 3 is 2.67 bits per heavy atom. The summed E-state index contributed by atoms with van der Waals surface area (Å²) in [7, 11) is 0. The molecule has 148 valence electrons. The van der Waals surface area contributed by atoms with Gasteiger partial charge in [0.1, 0.15) is 0 Å². The van der Waals surface area contributed by atoms with Crippen LogP contribution in [0.15, 0.2) is 24.3 Å². The van der Waals surface area contributed by atoms with Gasteiger partial charge in [-0.3, -0.25) is 14.4 Å². The number of hydrogen-bond donors (Lipinski definition) is 2. The first-order valence-electron chi connectivity index (χ1n) is 9.13. The highest BCUT2D eigenvalue weighted by Gasteiger charge is 2.42. The van der Waals surface area contributed by atoms with Crippen molar-refractivity contribution in [2.24, 2.45) is 17.8 Å². The minimum absolute atomic E-state index is 0.0376. The summed E-state index contributed by atoms with van der Waals surface area (Å²) in [5.41, 5.74) is 0.894. The number of carbonyl (C=O) groups excluding carboxylic acids is 2.